The summed E-state index contributed by atoms with van der Waals surface area (Å²) in [5.41, 5.74) is 3.01. The molecule has 366 valence electrons. The Kier molecular flexibility index (Phi) is 26.7. The standard InChI is InChI=1S/C54H69N3O10S/c1-2-3-4-5-6-7-8-9-10-11-24-33-49(58)55-46(51(60)64-36-42-25-16-12-17-26-42)34-35-50(59)56-47(52(61)65-37-43-27-18-13-19-28-43)40-68-41-48(53(62)66-38-44-29-20-14-21-30-44)57-54(63)67-39-45-31-22-15-23-32-45/h12-23,25-32,46-48H,2-11,24,33-41H2,1H3,(H,55,58)(H,56,59)(H,57,63)/t46-,47-,48+/m1/s1. The molecule has 0 aliphatic rings. The molecule has 4 aromatic rings. The highest BCUT2D eigenvalue weighted by molar-refractivity contribution is 7.99. The van der Waals surface area contributed by atoms with Crippen molar-refractivity contribution in [1.82, 2.24) is 16.0 Å². The fourth-order valence-electron chi connectivity index (χ4n) is 7.04. The second-order valence-electron chi connectivity index (χ2n) is 16.6. The molecule has 0 aliphatic heterocycles. The van der Waals surface area contributed by atoms with Crippen LogP contribution in [0.5, 0.6) is 0 Å². The van der Waals surface area contributed by atoms with Crippen LogP contribution in [0, 0.1) is 0 Å². The average Bonchev–Trinajstić information content (AvgIpc) is 3.37. The summed E-state index contributed by atoms with van der Waals surface area (Å²) < 4.78 is 22.2. The molecule has 3 atom stereocenters. The van der Waals surface area contributed by atoms with E-state index in [0.717, 1.165) is 53.3 Å². The van der Waals surface area contributed by atoms with Crippen LogP contribution < -0.4 is 16.0 Å². The summed E-state index contributed by atoms with van der Waals surface area (Å²) in [7, 11) is 0. The Morgan fingerprint density at radius 1 is 0.412 bits per heavy atom. The summed E-state index contributed by atoms with van der Waals surface area (Å²) in [6.07, 6.45) is 11.6. The van der Waals surface area contributed by atoms with Gasteiger partial charge in [-0.05, 0) is 35.1 Å². The number of hydrogen-bond donors (Lipinski definition) is 3. The van der Waals surface area contributed by atoms with Gasteiger partial charge in [0.05, 0.1) is 0 Å². The third kappa shape index (κ3) is 23.5. The predicted molar refractivity (Wildman–Crippen MR) is 264 cm³/mol. The lowest BCUT2D eigenvalue weighted by Gasteiger charge is -2.21. The maximum atomic E-state index is 13.6. The van der Waals surface area contributed by atoms with Gasteiger partial charge in [0.15, 0.2) is 0 Å². The SMILES string of the molecule is CCCCCCCCCCCCCC(=O)N[C@H](CCC(=O)N[C@H](CSC[C@H](NC(=O)OCc1ccccc1)C(=O)OCc1ccccc1)C(=O)OCc1ccccc1)C(=O)OCc1ccccc1. The first-order chi connectivity index (χ1) is 33.2. The Bertz CT molecular complexity index is 2060. The third-order valence-electron chi connectivity index (χ3n) is 10.9. The number of esters is 3. The van der Waals surface area contributed by atoms with Crippen molar-refractivity contribution in [1.29, 1.82) is 0 Å². The van der Waals surface area contributed by atoms with Crippen LogP contribution in [0.3, 0.4) is 0 Å². The molecule has 0 spiro atoms. The van der Waals surface area contributed by atoms with E-state index in [9.17, 15) is 28.8 Å². The summed E-state index contributed by atoms with van der Waals surface area (Å²) >= 11 is 1.11. The molecule has 4 aromatic carbocycles. The second-order valence-corrected chi connectivity index (χ2v) is 17.7. The molecule has 4 rings (SSSR count). The van der Waals surface area contributed by atoms with Gasteiger partial charge in [-0.25, -0.2) is 19.2 Å². The molecule has 13 nitrogen and oxygen atoms in total. The van der Waals surface area contributed by atoms with Gasteiger partial charge in [0.2, 0.25) is 11.8 Å². The molecular weight excluding hydrogens is 883 g/mol. The van der Waals surface area contributed by atoms with E-state index in [4.69, 9.17) is 18.9 Å². The zero-order valence-corrected chi connectivity index (χ0v) is 40.2. The Morgan fingerprint density at radius 3 is 1.18 bits per heavy atom. The Balaban J connectivity index is 1.37. The van der Waals surface area contributed by atoms with Crippen LogP contribution >= 0.6 is 11.8 Å². The van der Waals surface area contributed by atoms with Gasteiger partial charge in [0.1, 0.15) is 44.6 Å². The van der Waals surface area contributed by atoms with E-state index in [1.54, 1.807) is 36.4 Å². The summed E-state index contributed by atoms with van der Waals surface area (Å²) in [6.45, 7) is 2.09. The predicted octanol–water partition coefficient (Wildman–Crippen LogP) is 9.70. The van der Waals surface area contributed by atoms with Crippen LogP contribution in [0.25, 0.3) is 0 Å². The molecule has 3 N–H and O–H groups in total. The Labute approximate surface area is 406 Å². The van der Waals surface area contributed by atoms with Crippen molar-refractivity contribution in [2.75, 3.05) is 11.5 Å². The number of ether oxygens (including phenoxy) is 4. The first kappa shape index (κ1) is 54.5. The van der Waals surface area contributed by atoms with Gasteiger partial charge in [-0.15, -0.1) is 0 Å². The highest BCUT2D eigenvalue weighted by Crippen LogP contribution is 2.15. The number of nitrogens with one attached hydrogen (secondary N) is 3. The van der Waals surface area contributed by atoms with Gasteiger partial charge in [0.25, 0.3) is 0 Å². The molecule has 68 heavy (non-hydrogen) atoms. The minimum Gasteiger partial charge on any atom is -0.459 e. The summed E-state index contributed by atoms with van der Waals surface area (Å²) in [5, 5.41) is 8.12. The van der Waals surface area contributed by atoms with Gasteiger partial charge in [-0.2, -0.15) is 11.8 Å². The summed E-state index contributed by atoms with van der Waals surface area (Å²) in [4.78, 5) is 80.2. The third-order valence-corrected chi connectivity index (χ3v) is 12.1. The molecule has 0 radical (unpaired) electrons. The number of alkyl carbamates (subject to hydrolysis) is 1. The summed E-state index contributed by atoms with van der Waals surface area (Å²) in [5.74, 6) is -3.12. The molecule has 0 aromatic heterocycles. The van der Waals surface area contributed by atoms with Gasteiger partial charge < -0.3 is 34.9 Å². The van der Waals surface area contributed by atoms with E-state index < -0.39 is 48.0 Å². The van der Waals surface area contributed by atoms with Crippen LogP contribution in [0.1, 0.15) is 119 Å². The monoisotopic (exact) mass is 951 g/mol. The number of benzene rings is 4. The molecule has 0 bridgehead atoms. The fourth-order valence-corrected chi connectivity index (χ4v) is 8.09. The average molecular weight is 952 g/mol. The maximum Gasteiger partial charge on any atom is 0.408 e. The normalized spacial score (nSPS) is 12.1. The molecule has 0 saturated carbocycles. The van der Waals surface area contributed by atoms with Crippen molar-refractivity contribution in [3.63, 3.8) is 0 Å². The van der Waals surface area contributed by atoms with E-state index in [1.165, 1.54) is 44.9 Å². The van der Waals surface area contributed by atoms with Crippen LogP contribution in [-0.2, 0) is 69.3 Å². The van der Waals surface area contributed by atoms with Crippen molar-refractivity contribution >= 4 is 47.6 Å². The van der Waals surface area contributed by atoms with E-state index in [0.29, 0.717) is 6.42 Å². The van der Waals surface area contributed by atoms with Crippen molar-refractivity contribution < 1.29 is 47.7 Å². The maximum absolute atomic E-state index is 13.6. The second kappa shape index (κ2) is 33.3. The highest BCUT2D eigenvalue weighted by atomic mass is 32.2. The quantitative estimate of drug-likeness (QED) is 0.0236. The summed E-state index contributed by atoms with van der Waals surface area (Å²) in [6, 6.07) is 32.9. The van der Waals surface area contributed by atoms with Gasteiger partial charge in [-0.1, -0.05) is 192 Å². The minimum absolute atomic E-state index is 0.0101. The van der Waals surface area contributed by atoms with Crippen LogP contribution in [-0.4, -0.2) is 65.4 Å². The van der Waals surface area contributed by atoms with Gasteiger partial charge in [-0.3, -0.25) is 9.59 Å². The number of hydrogen-bond acceptors (Lipinski definition) is 11. The Morgan fingerprint density at radius 2 is 0.750 bits per heavy atom. The molecule has 0 fully saturated rings. The Hall–Kier alpha value is -6.15. The first-order valence-corrected chi connectivity index (χ1v) is 25.1. The van der Waals surface area contributed by atoms with Crippen LogP contribution in [0.15, 0.2) is 121 Å². The van der Waals surface area contributed by atoms with E-state index in [1.807, 2.05) is 84.9 Å². The molecule has 14 heteroatoms. The molecule has 0 heterocycles. The topological polar surface area (TPSA) is 175 Å². The van der Waals surface area contributed by atoms with Crippen LogP contribution in [0.2, 0.25) is 0 Å². The fraction of sp³-hybridized carbons (Fsp3) is 0.444. The number of carbonyl (C=O) groups excluding carboxylic acids is 6. The lowest BCUT2D eigenvalue weighted by molar-refractivity contribution is -0.150. The lowest BCUT2D eigenvalue weighted by atomic mass is 10.0. The number of unbranched alkanes of at least 4 members (excludes halogenated alkanes) is 10. The minimum atomic E-state index is -1.19. The largest absolute Gasteiger partial charge is 0.459 e. The molecular formula is C54H69N3O10S. The number of carbonyl (C=O) groups is 6. The van der Waals surface area contributed by atoms with Crippen molar-refractivity contribution in [3.05, 3.63) is 144 Å². The van der Waals surface area contributed by atoms with Crippen LogP contribution in [0.4, 0.5) is 4.79 Å². The number of rotatable bonds is 33. The smallest absolute Gasteiger partial charge is 0.408 e. The lowest BCUT2D eigenvalue weighted by Crippen LogP contribution is -2.47. The van der Waals surface area contributed by atoms with Crippen molar-refractivity contribution in [2.24, 2.45) is 0 Å². The first-order valence-electron chi connectivity index (χ1n) is 24.0. The molecule has 0 unspecified atom stereocenters. The molecule has 3 amide bonds. The van der Waals surface area contributed by atoms with Crippen molar-refractivity contribution in [3.8, 4) is 0 Å². The van der Waals surface area contributed by atoms with E-state index in [2.05, 4.69) is 22.9 Å². The molecule has 0 saturated heterocycles. The zero-order chi connectivity index (χ0) is 48.4. The molecule has 0 aliphatic carbocycles. The highest BCUT2D eigenvalue weighted by Gasteiger charge is 2.29. The number of thioether (sulfide) groups is 1. The number of amides is 3. The van der Waals surface area contributed by atoms with E-state index >= 15 is 0 Å². The zero-order valence-electron chi connectivity index (χ0n) is 39.4. The van der Waals surface area contributed by atoms with Gasteiger partial charge in [0, 0.05) is 24.3 Å². The van der Waals surface area contributed by atoms with Crippen molar-refractivity contribution in [2.45, 2.75) is 141 Å². The van der Waals surface area contributed by atoms with Gasteiger partial charge >= 0.3 is 24.0 Å². The van der Waals surface area contributed by atoms with E-state index in [-0.39, 0.29) is 63.1 Å².